The Morgan fingerprint density at radius 1 is 0.640 bits per heavy atom. The average Bonchev–Trinajstić information content (AvgIpc) is 1.13. The van der Waals surface area contributed by atoms with E-state index in [-0.39, 0.29) is 81.7 Å². The van der Waals surface area contributed by atoms with Gasteiger partial charge < -0.3 is 19.5 Å². The molecule has 15 rings (SSSR count). The first-order chi connectivity index (χ1) is 59.8. The molecule has 10 aromatic rings. The number of nitrogens with zero attached hydrogens (tertiary/aromatic N) is 9. The van der Waals surface area contributed by atoms with E-state index >= 15 is 0 Å². The van der Waals surface area contributed by atoms with Gasteiger partial charge in [-0.15, -0.1) is 4.40 Å². The molecule has 31 heteroatoms. The molecular formula is C94H100Cl7F2N11O9S2. The molecule has 3 aliphatic carbocycles. The first-order valence-electron chi connectivity index (χ1n) is 40.8. The summed E-state index contributed by atoms with van der Waals surface area (Å²) in [5, 5.41) is 25.7. The van der Waals surface area contributed by atoms with Crippen molar-refractivity contribution in [3.8, 4) is 28.6 Å². The number of hydrogen-bond acceptors (Lipinski definition) is 13. The fourth-order valence-electron chi connectivity index (χ4n) is 15.8. The number of hydrazone groups is 2. The molecule has 3 N–H and O–H groups in total. The molecule has 1 aromatic heterocycles. The third-order valence-corrected chi connectivity index (χ3v) is 27.1. The molecule has 1 fully saturated rings. The molecular weight excluding hydrogens is 1780 g/mol. The summed E-state index contributed by atoms with van der Waals surface area (Å²) in [5.74, 6) is 2.41. The highest BCUT2D eigenvalue weighted by atomic mass is 35.5. The van der Waals surface area contributed by atoms with Crippen LogP contribution in [0.25, 0.3) is 17.1 Å². The number of benzene rings is 9. The summed E-state index contributed by atoms with van der Waals surface area (Å²) in [7, 11) is -3.25. The molecule has 0 spiro atoms. The SMILES string of the molecule is CCCCCCC(C)(C)c1cc(OC)c([C@H]2C=C(CO)[C@H]3C[C@@H]2C3(C)C)c(OC)c1.CCN(CC)C(=O)c1cn(-c2ccc(Cl)cc2)c(-c2ccc(Cl)cc2Cl)n1.CONC(=NS(=O)(=O)c1ccc(Cl)cc1)N1C[C@H](c2cccc(F)c2)C(c2ccc(Cl)cc2)=N1.O=S(=O)(NC(=NCCF)N1CC(c2ccccc2)C(c2ccc(Cl)cc2)=N1)c1ccc(Cl)cc1. The number of fused-ring (bicyclic) bond motifs is 1. The number of aromatic nitrogens is 2. The lowest BCUT2D eigenvalue weighted by atomic mass is 9.45. The van der Waals surface area contributed by atoms with Gasteiger partial charge in [-0.05, 0) is 222 Å². The van der Waals surface area contributed by atoms with Crippen molar-refractivity contribution in [1.29, 1.82) is 0 Å². The van der Waals surface area contributed by atoms with Gasteiger partial charge in [0.1, 0.15) is 35.5 Å². The number of sulfonamides is 2. The molecule has 2 bridgehead atoms. The summed E-state index contributed by atoms with van der Waals surface area (Å²) in [6.45, 7) is 16.4. The van der Waals surface area contributed by atoms with Gasteiger partial charge in [0, 0.05) is 84.0 Å². The first-order valence-corrected chi connectivity index (χ1v) is 46.4. The zero-order chi connectivity index (χ0) is 90.1. The molecule has 1 saturated carbocycles. The second-order valence-corrected chi connectivity index (χ2v) is 37.7. The lowest BCUT2D eigenvalue weighted by Gasteiger charge is -2.59. The van der Waals surface area contributed by atoms with Gasteiger partial charge in [0.2, 0.25) is 5.96 Å². The van der Waals surface area contributed by atoms with E-state index in [1.165, 1.54) is 115 Å². The lowest BCUT2D eigenvalue weighted by molar-refractivity contribution is -0.0260. The summed E-state index contributed by atoms with van der Waals surface area (Å²) in [6, 6.07) is 58.5. The van der Waals surface area contributed by atoms with Crippen LogP contribution in [0.15, 0.2) is 253 Å². The van der Waals surface area contributed by atoms with Gasteiger partial charge in [0.15, 0.2) is 0 Å². The van der Waals surface area contributed by atoms with Crippen molar-refractivity contribution in [2.45, 2.75) is 120 Å². The lowest BCUT2D eigenvalue weighted by Crippen LogP contribution is -2.51. The molecule has 0 saturated heterocycles. The third kappa shape index (κ3) is 23.7. The molecule has 9 aromatic carbocycles. The van der Waals surface area contributed by atoms with Gasteiger partial charge in [-0.3, -0.25) is 14.2 Å². The largest absolute Gasteiger partial charge is 0.496 e. The number of aliphatic hydroxyl groups is 1. The Hall–Kier alpha value is -9.41. The number of halogens is 9. The Bertz CT molecular complexity index is 5770. The molecule has 5 atom stereocenters. The molecule has 2 aliphatic heterocycles. The monoisotopic (exact) mass is 1870 g/mol. The number of unbranched alkanes of at least 4 members (excludes halogenated alkanes) is 3. The van der Waals surface area contributed by atoms with Crippen molar-refractivity contribution in [3.05, 3.63) is 304 Å². The topological polar surface area (TPSA) is 234 Å². The minimum atomic E-state index is -4.11. The van der Waals surface area contributed by atoms with Crippen LogP contribution in [0.1, 0.15) is 149 Å². The Labute approximate surface area is 766 Å². The maximum atomic E-state index is 14.0. The number of ether oxygens (including phenoxy) is 2. The van der Waals surface area contributed by atoms with Crippen LogP contribution in [0, 0.1) is 23.1 Å². The number of alkyl halides is 1. The molecule has 660 valence electrons. The number of rotatable bonds is 26. The summed E-state index contributed by atoms with van der Waals surface area (Å²) in [4.78, 5) is 28.2. The van der Waals surface area contributed by atoms with Crippen LogP contribution in [0.2, 0.25) is 35.2 Å². The van der Waals surface area contributed by atoms with Gasteiger partial charge in [0.05, 0.1) is 73.8 Å². The maximum Gasteiger partial charge on any atom is 0.285 e. The Morgan fingerprint density at radius 3 is 1.68 bits per heavy atom. The Kier molecular flexibility index (Phi) is 33.4. The maximum absolute atomic E-state index is 14.0. The fourth-order valence-corrected chi connectivity index (χ4v) is 18.9. The van der Waals surface area contributed by atoms with Crippen LogP contribution in [-0.4, -0.2) is 143 Å². The second kappa shape index (κ2) is 43.4. The fraction of sp³-hybridized carbons (Fsp3) is 0.319. The summed E-state index contributed by atoms with van der Waals surface area (Å²) < 4.78 is 98.9. The molecule has 125 heavy (non-hydrogen) atoms. The molecule has 3 heterocycles. The minimum Gasteiger partial charge on any atom is -0.496 e. The zero-order valence-corrected chi connectivity index (χ0v) is 77.7. The van der Waals surface area contributed by atoms with Crippen LogP contribution in [0.5, 0.6) is 11.5 Å². The predicted molar refractivity (Wildman–Crippen MR) is 500 cm³/mol. The summed E-state index contributed by atoms with van der Waals surface area (Å²) in [6.07, 6.45) is 11.4. The number of imidazole rings is 1. The van der Waals surface area contributed by atoms with Crippen LogP contribution in [-0.2, 0) is 30.3 Å². The van der Waals surface area contributed by atoms with Crippen molar-refractivity contribution in [1.82, 2.24) is 34.7 Å². The van der Waals surface area contributed by atoms with Crippen molar-refractivity contribution >= 4 is 131 Å². The molecule has 1 amide bonds. The van der Waals surface area contributed by atoms with E-state index in [1.54, 1.807) is 104 Å². The Balaban J connectivity index is 0.000000163. The van der Waals surface area contributed by atoms with Crippen LogP contribution in [0.4, 0.5) is 8.78 Å². The predicted octanol–water partition coefficient (Wildman–Crippen LogP) is 22.5. The highest BCUT2D eigenvalue weighted by Gasteiger charge is 2.56. The summed E-state index contributed by atoms with van der Waals surface area (Å²) in [5.41, 5.74) is 12.8. The van der Waals surface area contributed by atoms with Crippen LogP contribution in [0.3, 0.4) is 0 Å². The highest BCUT2D eigenvalue weighted by Crippen LogP contribution is 2.65. The number of carbonyl (C=O) groups excluding carboxylic acids is 1. The first kappa shape index (κ1) is 96.2. The quantitative estimate of drug-likeness (QED) is 0.0151. The van der Waals surface area contributed by atoms with E-state index in [0.29, 0.717) is 95.0 Å². The van der Waals surface area contributed by atoms with E-state index in [0.717, 1.165) is 58.0 Å². The van der Waals surface area contributed by atoms with Crippen molar-refractivity contribution in [2.75, 3.05) is 67.3 Å². The summed E-state index contributed by atoms with van der Waals surface area (Å²) >= 11 is 42.3. The molecule has 5 aliphatic rings. The smallest absolute Gasteiger partial charge is 0.285 e. The number of carbonyl (C=O) groups is 1. The number of hydrogen-bond donors (Lipinski definition) is 3. The van der Waals surface area contributed by atoms with Crippen molar-refractivity contribution < 1.29 is 49.8 Å². The number of methoxy groups -OCH3 is 2. The number of allylic oxidation sites excluding steroid dienone is 1. The van der Waals surface area contributed by atoms with Gasteiger partial charge in [-0.1, -0.05) is 214 Å². The number of aliphatic imine (C=N–C) groups is 1. The van der Waals surface area contributed by atoms with E-state index in [2.05, 4.69) is 82.5 Å². The average molecular weight is 1880 g/mol. The van der Waals surface area contributed by atoms with Gasteiger partial charge in [-0.2, -0.15) is 18.6 Å². The van der Waals surface area contributed by atoms with Crippen LogP contribution < -0.4 is 19.7 Å². The van der Waals surface area contributed by atoms with Gasteiger partial charge >= 0.3 is 0 Å². The standard InChI is InChI=1S/C27H42O3.C24H21Cl2FN4O2S.C23H19Cl2FN4O3S.C20H18Cl3N3O/c1-8-9-10-11-12-26(2,3)19-14-23(29-6)25(24(15-19)30-7)20-13-18(17-28)21-16-22(20)27(21,4)5;25-19-8-6-18(7-9-19)23-22(17-4-2-1-3-5-17)16-31(29-23)24(28-15-14-27)30-34(32,33)21-12-10-20(26)11-13-21;1-33-28-23(29-34(31,32)20-11-9-18(25)10-12-20)30-14-21(16-3-2-4-19(26)13-16)22(27-30)15-5-7-17(24)8-6-15;1-3-25(4-2)20(27)18-12-26(15-8-5-13(21)6-9-15)19(24-18)16-10-7-14(22)11-17(16)23/h13-15,20-22,28H,8-12,16-17H2,1-7H3;1-13,22H,14-16H2,(H,28,30);2-13,21H,14H2,1H3,(H,28,29);5-12H,3-4H2,1-2H3/t20-,21+,22-;;21-;/m0.1./s1. The van der Waals surface area contributed by atoms with Crippen molar-refractivity contribution in [3.63, 3.8) is 0 Å². The highest BCUT2D eigenvalue weighted by molar-refractivity contribution is 7.90. The van der Waals surface area contributed by atoms with Gasteiger partial charge in [0.25, 0.3) is 31.9 Å². The number of hydroxylamine groups is 1. The number of amides is 1. The van der Waals surface area contributed by atoms with E-state index in [4.69, 9.17) is 101 Å². The van der Waals surface area contributed by atoms with Gasteiger partial charge in [-0.25, -0.2) is 47.4 Å². The van der Waals surface area contributed by atoms with Crippen molar-refractivity contribution in [2.24, 2.45) is 36.8 Å². The van der Waals surface area contributed by atoms with Crippen LogP contribution >= 0.6 is 81.2 Å². The molecule has 20 nitrogen and oxygen atoms in total. The number of guanidine groups is 2. The third-order valence-electron chi connectivity index (χ3n) is 22.6. The number of aliphatic hydroxyl groups excluding tert-OH is 1. The van der Waals surface area contributed by atoms with E-state index in [1.807, 2.05) is 73.0 Å². The molecule has 0 radical (unpaired) electrons. The van der Waals surface area contributed by atoms with E-state index in [9.17, 15) is 35.5 Å². The molecule has 1 unspecified atom stereocenters. The number of nitrogens with one attached hydrogen (secondary N) is 2. The second-order valence-electron chi connectivity index (χ2n) is 31.4. The zero-order valence-electron chi connectivity index (χ0n) is 70.8. The van der Waals surface area contributed by atoms with E-state index < -0.39 is 26.7 Å². The Morgan fingerprint density at radius 2 is 1.17 bits per heavy atom. The normalized spacial score (nSPS) is 17.2. The minimum absolute atomic E-state index is 0.00515.